The molecular formula is C9H9O3S-. The van der Waals surface area contributed by atoms with Gasteiger partial charge in [-0.2, -0.15) is 0 Å². The Morgan fingerprint density at radius 2 is 2.23 bits per heavy atom. The maximum atomic E-state index is 10.3. The van der Waals surface area contributed by atoms with Gasteiger partial charge in [0.25, 0.3) is 0 Å². The summed E-state index contributed by atoms with van der Waals surface area (Å²) in [4.78, 5) is 0. The van der Waals surface area contributed by atoms with Crippen molar-refractivity contribution in [3.8, 4) is 0 Å². The Kier molecular flexibility index (Phi) is 2.44. The maximum absolute atomic E-state index is 10.3. The number of aryl methyl sites for hydroxylation is 1. The minimum Gasteiger partial charge on any atom is -0.750 e. The average molecular weight is 197 g/mol. The van der Waals surface area contributed by atoms with E-state index in [0.717, 1.165) is 18.4 Å². The summed E-state index contributed by atoms with van der Waals surface area (Å²) >= 11 is -2.41. The van der Waals surface area contributed by atoms with Crippen LogP contribution in [0.4, 0.5) is 0 Å². The topological polar surface area (TPSA) is 49.4 Å². The molecule has 2 atom stereocenters. The molecule has 0 heterocycles. The summed E-state index contributed by atoms with van der Waals surface area (Å²) in [5.74, 6) is 0. The van der Waals surface area contributed by atoms with Crippen molar-refractivity contribution in [2.45, 2.75) is 18.9 Å². The standard InChI is InChI=1S/C9H10O3S/c10-13(11)12-9-6-5-7-3-1-2-4-8(7)9/h1-4,9H,5-6H2,(H,10,11)/p-1. The quantitative estimate of drug-likeness (QED) is 0.675. The summed E-state index contributed by atoms with van der Waals surface area (Å²) < 4.78 is 25.4. The molecule has 70 valence electrons. The van der Waals surface area contributed by atoms with E-state index in [9.17, 15) is 8.76 Å². The fraction of sp³-hybridized carbons (Fsp3) is 0.333. The van der Waals surface area contributed by atoms with Gasteiger partial charge in [0, 0.05) is 0 Å². The van der Waals surface area contributed by atoms with Crippen LogP contribution >= 0.6 is 0 Å². The summed E-state index contributed by atoms with van der Waals surface area (Å²) in [7, 11) is 0. The Hall–Kier alpha value is -0.710. The molecule has 0 radical (unpaired) electrons. The zero-order valence-corrected chi connectivity index (χ0v) is 7.75. The van der Waals surface area contributed by atoms with Crippen LogP contribution in [-0.4, -0.2) is 8.76 Å². The Balaban J connectivity index is 2.23. The molecule has 2 rings (SSSR count). The molecule has 0 saturated carbocycles. The molecule has 1 aromatic rings. The Morgan fingerprint density at radius 1 is 1.46 bits per heavy atom. The molecule has 1 aliphatic carbocycles. The van der Waals surface area contributed by atoms with Gasteiger partial charge in [0.05, 0.1) is 17.5 Å². The summed E-state index contributed by atoms with van der Waals surface area (Å²) in [5.41, 5.74) is 2.20. The predicted octanol–water partition coefficient (Wildman–Crippen LogP) is 1.48. The highest BCUT2D eigenvalue weighted by molar-refractivity contribution is 7.74. The van der Waals surface area contributed by atoms with Crippen LogP contribution in [0.25, 0.3) is 0 Å². The smallest absolute Gasteiger partial charge is 0.0993 e. The van der Waals surface area contributed by atoms with Crippen LogP contribution in [0.3, 0.4) is 0 Å². The number of fused-ring (bicyclic) bond motifs is 1. The molecule has 4 heteroatoms. The molecule has 3 nitrogen and oxygen atoms in total. The van der Waals surface area contributed by atoms with E-state index in [1.165, 1.54) is 5.56 Å². The first-order valence-corrected chi connectivity index (χ1v) is 5.11. The second kappa shape index (κ2) is 3.57. The minimum atomic E-state index is -2.41. The second-order valence-corrected chi connectivity index (χ2v) is 3.63. The molecule has 13 heavy (non-hydrogen) atoms. The van der Waals surface area contributed by atoms with E-state index in [0.29, 0.717) is 0 Å². The van der Waals surface area contributed by atoms with Gasteiger partial charge in [-0.05, 0) is 24.0 Å². The highest BCUT2D eigenvalue weighted by Gasteiger charge is 2.22. The molecule has 0 aliphatic heterocycles. The van der Waals surface area contributed by atoms with Gasteiger partial charge in [0.1, 0.15) is 0 Å². The average Bonchev–Trinajstić information content (AvgIpc) is 2.48. The Labute approximate surface area is 79.2 Å². The molecule has 0 N–H and O–H groups in total. The van der Waals surface area contributed by atoms with Gasteiger partial charge < -0.3 is 4.55 Å². The van der Waals surface area contributed by atoms with Crippen LogP contribution in [-0.2, 0) is 22.0 Å². The summed E-state index contributed by atoms with van der Waals surface area (Å²) in [6, 6.07) is 7.77. The highest BCUT2D eigenvalue weighted by Crippen LogP contribution is 2.33. The molecule has 0 bridgehead atoms. The highest BCUT2D eigenvalue weighted by atomic mass is 32.2. The van der Waals surface area contributed by atoms with Gasteiger partial charge in [0.15, 0.2) is 0 Å². The van der Waals surface area contributed by atoms with Crippen LogP contribution in [0.15, 0.2) is 24.3 Å². The van der Waals surface area contributed by atoms with Crippen LogP contribution in [0.2, 0.25) is 0 Å². The van der Waals surface area contributed by atoms with E-state index in [1.807, 2.05) is 24.3 Å². The first kappa shape index (κ1) is 8.87. The Bertz CT molecular complexity index is 337. The van der Waals surface area contributed by atoms with E-state index >= 15 is 0 Å². The SMILES string of the molecule is O=S([O-])OC1CCc2ccccc21. The van der Waals surface area contributed by atoms with Crippen LogP contribution in [0.5, 0.6) is 0 Å². The molecule has 1 aliphatic rings. The van der Waals surface area contributed by atoms with Gasteiger partial charge in [-0.25, -0.2) is 4.21 Å². The molecule has 2 unspecified atom stereocenters. The van der Waals surface area contributed by atoms with E-state index in [4.69, 9.17) is 4.18 Å². The van der Waals surface area contributed by atoms with Crippen molar-refractivity contribution in [1.82, 2.24) is 0 Å². The third kappa shape index (κ3) is 1.80. The second-order valence-electron chi connectivity index (χ2n) is 3.03. The fourth-order valence-corrected chi connectivity index (χ4v) is 2.10. The van der Waals surface area contributed by atoms with Gasteiger partial charge in [0.2, 0.25) is 0 Å². The van der Waals surface area contributed by atoms with Crippen LogP contribution in [0.1, 0.15) is 23.7 Å². The van der Waals surface area contributed by atoms with Crippen molar-refractivity contribution in [2.75, 3.05) is 0 Å². The molecule has 0 spiro atoms. The predicted molar refractivity (Wildman–Crippen MR) is 47.5 cm³/mol. The maximum Gasteiger partial charge on any atom is 0.0993 e. The van der Waals surface area contributed by atoms with E-state index in [-0.39, 0.29) is 6.10 Å². The lowest BCUT2D eigenvalue weighted by atomic mass is 10.1. The van der Waals surface area contributed by atoms with Crippen LogP contribution in [0, 0.1) is 0 Å². The molecule has 0 saturated heterocycles. The molecule has 0 aromatic heterocycles. The van der Waals surface area contributed by atoms with Crippen molar-refractivity contribution in [2.24, 2.45) is 0 Å². The van der Waals surface area contributed by atoms with Crippen molar-refractivity contribution >= 4 is 11.4 Å². The van der Waals surface area contributed by atoms with Crippen molar-refractivity contribution in [1.29, 1.82) is 0 Å². The van der Waals surface area contributed by atoms with E-state index in [2.05, 4.69) is 0 Å². The number of hydrogen-bond acceptors (Lipinski definition) is 3. The molecule has 0 fully saturated rings. The van der Waals surface area contributed by atoms with E-state index < -0.39 is 11.4 Å². The molecular weight excluding hydrogens is 188 g/mol. The van der Waals surface area contributed by atoms with E-state index in [1.54, 1.807) is 0 Å². The minimum absolute atomic E-state index is 0.269. The van der Waals surface area contributed by atoms with Gasteiger partial charge >= 0.3 is 0 Å². The lowest BCUT2D eigenvalue weighted by Crippen LogP contribution is -2.02. The largest absolute Gasteiger partial charge is 0.750 e. The number of benzene rings is 1. The number of hydrogen-bond donors (Lipinski definition) is 0. The lowest BCUT2D eigenvalue weighted by molar-refractivity contribution is 0.206. The van der Waals surface area contributed by atoms with Crippen molar-refractivity contribution < 1.29 is 12.9 Å². The molecule has 1 aromatic carbocycles. The van der Waals surface area contributed by atoms with Crippen LogP contribution < -0.4 is 0 Å². The monoisotopic (exact) mass is 197 g/mol. The van der Waals surface area contributed by atoms with Crippen molar-refractivity contribution in [3.63, 3.8) is 0 Å². The van der Waals surface area contributed by atoms with Crippen molar-refractivity contribution in [3.05, 3.63) is 35.4 Å². The Morgan fingerprint density at radius 3 is 3.00 bits per heavy atom. The number of rotatable bonds is 2. The normalized spacial score (nSPS) is 22.7. The summed E-state index contributed by atoms with van der Waals surface area (Å²) in [6.45, 7) is 0. The zero-order chi connectivity index (χ0) is 9.26. The zero-order valence-electron chi connectivity index (χ0n) is 6.93. The third-order valence-electron chi connectivity index (χ3n) is 2.27. The summed E-state index contributed by atoms with van der Waals surface area (Å²) in [5, 5.41) is 0. The van der Waals surface area contributed by atoms with Gasteiger partial charge in [-0.3, -0.25) is 4.18 Å². The first-order valence-electron chi connectivity index (χ1n) is 4.11. The first-order chi connectivity index (χ1) is 6.27. The summed E-state index contributed by atoms with van der Waals surface area (Å²) in [6.07, 6.45) is 1.39. The fourth-order valence-electron chi connectivity index (χ4n) is 1.71. The third-order valence-corrected chi connectivity index (χ3v) is 2.66. The van der Waals surface area contributed by atoms with Gasteiger partial charge in [-0.1, -0.05) is 24.3 Å². The lowest BCUT2D eigenvalue weighted by Gasteiger charge is -2.13. The molecule has 0 amide bonds. The van der Waals surface area contributed by atoms with Gasteiger partial charge in [-0.15, -0.1) is 0 Å².